The first-order valence-electron chi connectivity index (χ1n) is 5.77. The number of H-pyrrole nitrogens is 1. The number of methoxy groups -OCH3 is 1. The van der Waals surface area contributed by atoms with Gasteiger partial charge in [-0.1, -0.05) is 0 Å². The molecule has 0 atom stereocenters. The topological polar surface area (TPSA) is 49.9 Å². The van der Waals surface area contributed by atoms with Gasteiger partial charge in [0.05, 0.1) is 6.61 Å². The lowest BCUT2D eigenvalue weighted by molar-refractivity contribution is 0.128. The van der Waals surface area contributed by atoms with Crippen LogP contribution in [0, 0.1) is 0 Å². The SMILES string of the molecule is COCC(C)(C)NCc1c[nH]c2ncccc12. The monoisotopic (exact) mass is 233 g/mol. The molecule has 17 heavy (non-hydrogen) atoms. The molecular formula is C13H19N3O. The Morgan fingerprint density at radius 3 is 3.06 bits per heavy atom. The molecule has 0 saturated carbocycles. The fourth-order valence-electron chi connectivity index (χ4n) is 1.91. The van der Waals surface area contributed by atoms with Gasteiger partial charge in [-0.3, -0.25) is 0 Å². The third kappa shape index (κ3) is 2.84. The van der Waals surface area contributed by atoms with E-state index in [9.17, 15) is 0 Å². The maximum Gasteiger partial charge on any atom is 0.137 e. The Bertz CT molecular complexity index is 490. The molecule has 0 aliphatic carbocycles. The minimum absolute atomic E-state index is 0.0272. The average Bonchev–Trinajstić information content (AvgIpc) is 2.70. The van der Waals surface area contributed by atoms with Gasteiger partial charge in [-0.25, -0.2) is 4.98 Å². The zero-order chi connectivity index (χ0) is 12.3. The normalized spacial score (nSPS) is 12.2. The largest absolute Gasteiger partial charge is 0.383 e. The Labute approximate surface area is 101 Å². The van der Waals surface area contributed by atoms with Crippen molar-refractivity contribution < 1.29 is 4.74 Å². The summed E-state index contributed by atoms with van der Waals surface area (Å²) in [5, 5.41) is 4.66. The highest BCUT2D eigenvalue weighted by Crippen LogP contribution is 2.16. The van der Waals surface area contributed by atoms with Gasteiger partial charge in [0, 0.05) is 37.0 Å². The highest BCUT2D eigenvalue weighted by molar-refractivity contribution is 5.79. The van der Waals surface area contributed by atoms with Crippen molar-refractivity contribution in [3.05, 3.63) is 30.1 Å². The summed E-state index contributed by atoms with van der Waals surface area (Å²) < 4.78 is 5.18. The highest BCUT2D eigenvalue weighted by Gasteiger charge is 2.17. The van der Waals surface area contributed by atoms with Crippen LogP contribution in [-0.2, 0) is 11.3 Å². The Morgan fingerprint density at radius 1 is 1.47 bits per heavy atom. The van der Waals surface area contributed by atoms with E-state index >= 15 is 0 Å². The van der Waals surface area contributed by atoms with Crippen molar-refractivity contribution in [2.45, 2.75) is 25.9 Å². The second-order valence-corrected chi connectivity index (χ2v) is 4.88. The molecule has 92 valence electrons. The summed E-state index contributed by atoms with van der Waals surface area (Å²) in [5.41, 5.74) is 2.15. The van der Waals surface area contributed by atoms with E-state index < -0.39 is 0 Å². The fraction of sp³-hybridized carbons (Fsp3) is 0.462. The van der Waals surface area contributed by atoms with Crippen LogP contribution in [0.1, 0.15) is 19.4 Å². The van der Waals surface area contributed by atoms with Crippen molar-refractivity contribution in [1.82, 2.24) is 15.3 Å². The Hall–Kier alpha value is -1.39. The summed E-state index contributed by atoms with van der Waals surface area (Å²) in [4.78, 5) is 7.45. The highest BCUT2D eigenvalue weighted by atomic mass is 16.5. The minimum Gasteiger partial charge on any atom is -0.383 e. The number of hydrogen-bond acceptors (Lipinski definition) is 3. The molecular weight excluding hydrogens is 214 g/mol. The summed E-state index contributed by atoms with van der Waals surface area (Å²) in [6.07, 6.45) is 3.80. The molecule has 0 aliphatic heterocycles. The number of nitrogens with zero attached hydrogens (tertiary/aromatic N) is 1. The quantitative estimate of drug-likeness (QED) is 0.831. The summed E-state index contributed by atoms with van der Waals surface area (Å²) in [5.74, 6) is 0. The minimum atomic E-state index is -0.0272. The van der Waals surface area contributed by atoms with Gasteiger partial charge in [-0.2, -0.15) is 0 Å². The smallest absolute Gasteiger partial charge is 0.137 e. The average molecular weight is 233 g/mol. The second-order valence-electron chi connectivity index (χ2n) is 4.88. The Kier molecular flexibility index (Phi) is 3.45. The van der Waals surface area contributed by atoms with Gasteiger partial charge in [0.1, 0.15) is 5.65 Å². The number of aromatic amines is 1. The predicted molar refractivity (Wildman–Crippen MR) is 68.9 cm³/mol. The number of ether oxygens (including phenoxy) is 1. The molecule has 2 aromatic rings. The third-order valence-corrected chi connectivity index (χ3v) is 2.80. The Morgan fingerprint density at radius 2 is 2.29 bits per heavy atom. The Balaban J connectivity index is 2.09. The molecule has 2 rings (SSSR count). The zero-order valence-corrected chi connectivity index (χ0v) is 10.6. The molecule has 0 fully saturated rings. The van der Waals surface area contributed by atoms with E-state index in [1.54, 1.807) is 13.3 Å². The lowest BCUT2D eigenvalue weighted by atomic mass is 10.1. The van der Waals surface area contributed by atoms with E-state index in [1.165, 1.54) is 10.9 Å². The first-order valence-corrected chi connectivity index (χ1v) is 5.77. The van der Waals surface area contributed by atoms with Crippen molar-refractivity contribution >= 4 is 11.0 Å². The zero-order valence-electron chi connectivity index (χ0n) is 10.6. The van der Waals surface area contributed by atoms with Crippen molar-refractivity contribution in [3.8, 4) is 0 Å². The van der Waals surface area contributed by atoms with Crippen LogP contribution in [0.4, 0.5) is 0 Å². The molecule has 0 spiro atoms. The first-order chi connectivity index (χ1) is 8.12. The molecule has 0 unspecified atom stereocenters. The van der Waals surface area contributed by atoms with Crippen LogP contribution >= 0.6 is 0 Å². The van der Waals surface area contributed by atoms with E-state index in [-0.39, 0.29) is 5.54 Å². The molecule has 2 N–H and O–H groups in total. The fourth-order valence-corrected chi connectivity index (χ4v) is 1.91. The van der Waals surface area contributed by atoms with Gasteiger partial charge in [0.2, 0.25) is 0 Å². The van der Waals surface area contributed by atoms with Crippen molar-refractivity contribution in [1.29, 1.82) is 0 Å². The summed E-state index contributed by atoms with van der Waals surface area (Å²) in [7, 11) is 1.72. The van der Waals surface area contributed by atoms with E-state index in [0.29, 0.717) is 6.61 Å². The second kappa shape index (κ2) is 4.85. The van der Waals surface area contributed by atoms with Gasteiger partial charge in [-0.15, -0.1) is 0 Å². The molecule has 0 saturated heterocycles. The molecule has 0 radical (unpaired) electrons. The van der Waals surface area contributed by atoms with Gasteiger partial charge >= 0.3 is 0 Å². The van der Waals surface area contributed by atoms with Crippen LogP contribution < -0.4 is 5.32 Å². The van der Waals surface area contributed by atoms with Gasteiger partial charge in [0.15, 0.2) is 0 Å². The number of pyridine rings is 1. The van der Waals surface area contributed by atoms with Crippen LogP contribution in [0.15, 0.2) is 24.5 Å². The van der Waals surface area contributed by atoms with Crippen LogP contribution in [0.3, 0.4) is 0 Å². The summed E-state index contributed by atoms with van der Waals surface area (Å²) in [6, 6.07) is 4.04. The molecule has 0 aromatic carbocycles. The summed E-state index contributed by atoms with van der Waals surface area (Å²) in [6.45, 7) is 5.75. The standard InChI is InChI=1S/C13H19N3O/c1-13(2,9-17-3)16-8-10-7-15-12-11(10)5-4-6-14-12/h4-7,16H,8-9H2,1-3H3,(H,14,15). The number of aromatic nitrogens is 2. The maximum absolute atomic E-state index is 5.18. The molecule has 0 bridgehead atoms. The van der Waals surface area contributed by atoms with E-state index in [4.69, 9.17) is 4.74 Å². The van der Waals surface area contributed by atoms with Gasteiger partial charge in [0.25, 0.3) is 0 Å². The molecule has 4 nitrogen and oxygen atoms in total. The number of rotatable bonds is 5. The molecule has 0 aliphatic rings. The van der Waals surface area contributed by atoms with E-state index in [1.807, 2.05) is 12.3 Å². The molecule has 0 amide bonds. The van der Waals surface area contributed by atoms with Crippen LogP contribution in [0.5, 0.6) is 0 Å². The number of hydrogen-bond donors (Lipinski definition) is 2. The van der Waals surface area contributed by atoms with Crippen molar-refractivity contribution in [2.75, 3.05) is 13.7 Å². The van der Waals surface area contributed by atoms with E-state index in [0.717, 1.165) is 12.2 Å². The van der Waals surface area contributed by atoms with Crippen molar-refractivity contribution in [3.63, 3.8) is 0 Å². The molecule has 4 heteroatoms. The van der Waals surface area contributed by atoms with Crippen molar-refractivity contribution in [2.24, 2.45) is 0 Å². The molecule has 2 aromatic heterocycles. The lowest BCUT2D eigenvalue weighted by Gasteiger charge is -2.25. The van der Waals surface area contributed by atoms with E-state index in [2.05, 4.69) is 35.2 Å². The first kappa shape index (κ1) is 12.1. The number of fused-ring (bicyclic) bond motifs is 1. The summed E-state index contributed by atoms with van der Waals surface area (Å²) >= 11 is 0. The van der Waals surface area contributed by atoms with Crippen LogP contribution in [-0.4, -0.2) is 29.2 Å². The van der Waals surface area contributed by atoms with Crippen LogP contribution in [0.2, 0.25) is 0 Å². The van der Waals surface area contributed by atoms with Gasteiger partial charge in [-0.05, 0) is 31.5 Å². The predicted octanol–water partition coefficient (Wildman–Crippen LogP) is 2.08. The third-order valence-electron chi connectivity index (χ3n) is 2.80. The lowest BCUT2D eigenvalue weighted by Crippen LogP contribution is -2.42. The number of nitrogens with one attached hydrogen (secondary N) is 2. The maximum atomic E-state index is 5.18. The van der Waals surface area contributed by atoms with Crippen LogP contribution in [0.25, 0.3) is 11.0 Å². The molecule has 2 heterocycles. The van der Waals surface area contributed by atoms with Gasteiger partial charge < -0.3 is 15.0 Å².